The van der Waals surface area contributed by atoms with Gasteiger partial charge in [0.05, 0.1) is 0 Å². The summed E-state index contributed by atoms with van der Waals surface area (Å²) in [6.07, 6.45) is 3.47. The van der Waals surface area contributed by atoms with E-state index in [2.05, 4.69) is 56.9 Å². The van der Waals surface area contributed by atoms with E-state index >= 15 is 0 Å². The first-order valence-corrected chi connectivity index (χ1v) is 8.55. The summed E-state index contributed by atoms with van der Waals surface area (Å²) in [5.74, 6) is 1.86. The Balaban J connectivity index is 2.33. The smallest absolute Gasteiger partial charge is 0.143 e. The number of rotatable bonds is 4. The van der Waals surface area contributed by atoms with Crippen molar-refractivity contribution in [3.05, 3.63) is 12.2 Å². The maximum atomic E-state index is 12.9. The van der Waals surface area contributed by atoms with Crippen LogP contribution in [-0.4, -0.2) is 10.2 Å². The zero-order valence-electron chi connectivity index (χ0n) is 12.1. The quantitative estimate of drug-likeness (QED) is 0.405. The molecule has 18 heavy (non-hydrogen) atoms. The normalized spacial score (nSPS) is 44.4. The monoisotopic (exact) mass is 360 g/mol. The Bertz CT molecular complexity index is 389. The first-order valence-electron chi connectivity index (χ1n) is 7.03. The van der Waals surface area contributed by atoms with Crippen LogP contribution in [0.25, 0.3) is 0 Å². The van der Waals surface area contributed by atoms with Gasteiger partial charge in [0.25, 0.3) is 0 Å². The van der Waals surface area contributed by atoms with E-state index in [9.17, 15) is 4.79 Å². The number of alkyl halides is 1. The van der Waals surface area contributed by atoms with Crippen LogP contribution < -0.4 is 0 Å². The molecule has 5 atom stereocenters. The van der Waals surface area contributed by atoms with E-state index in [1.54, 1.807) is 0 Å². The van der Waals surface area contributed by atoms with Gasteiger partial charge in [0, 0.05) is 15.8 Å². The summed E-state index contributed by atoms with van der Waals surface area (Å²) >= 11 is 2.40. The van der Waals surface area contributed by atoms with Gasteiger partial charge in [-0.15, -0.1) is 6.58 Å². The number of Topliss-reactive ketones (excluding diaryl/α,β-unsaturated/α-hetero) is 1. The fraction of sp³-hybridized carbons (Fsp3) is 0.812. The summed E-state index contributed by atoms with van der Waals surface area (Å²) in [5, 5.41) is 0. The summed E-state index contributed by atoms with van der Waals surface area (Å²) in [7, 11) is 0. The Hall–Kier alpha value is 0.140. The molecule has 2 aliphatic rings. The van der Waals surface area contributed by atoms with Crippen LogP contribution in [0.2, 0.25) is 0 Å². The van der Waals surface area contributed by atoms with Gasteiger partial charge >= 0.3 is 0 Å². The number of halogens is 1. The molecule has 102 valence electrons. The molecule has 2 rings (SSSR count). The number of carbonyl (C=O) groups excluding carboxylic acids is 1. The zero-order chi connectivity index (χ0) is 13.7. The second-order valence-electron chi connectivity index (χ2n) is 7.01. The summed E-state index contributed by atoms with van der Waals surface area (Å²) in [6.45, 7) is 12.9. The predicted octanol–water partition coefficient (Wildman–Crippen LogP) is 4.65. The van der Waals surface area contributed by atoms with Crippen molar-refractivity contribution >= 4 is 28.4 Å². The van der Waals surface area contributed by atoms with Crippen LogP contribution in [0.1, 0.15) is 47.0 Å². The highest BCUT2D eigenvalue weighted by atomic mass is 127. The molecule has 2 saturated carbocycles. The van der Waals surface area contributed by atoms with Gasteiger partial charge in [0.15, 0.2) is 0 Å². The van der Waals surface area contributed by atoms with Gasteiger partial charge in [-0.05, 0) is 43.4 Å². The van der Waals surface area contributed by atoms with E-state index in [1.807, 2.05) is 0 Å². The lowest BCUT2D eigenvalue weighted by atomic mass is 9.53. The summed E-state index contributed by atoms with van der Waals surface area (Å²) in [4.78, 5) is 12.9. The van der Waals surface area contributed by atoms with E-state index in [0.29, 0.717) is 17.6 Å². The number of allylic oxidation sites excluding steroid dienone is 1. The van der Waals surface area contributed by atoms with E-state index in [1.165, 1.54) is 18.4 Å². The summed E-state index contributed by atoms with van der Waals surface area (Å²) < 4.78 is 0.985. The number of carbonyl (C=O) groups is 1. The van der Waals surface area contributed by atoms with Crippen LogP contribution in [0.4, 0.5) is 0 Å². The van der Waals surface area contributed by atoms with Gasteiger partial charge in [0.2, 0.25) is 0 Å². The molecule has 1 nitrogen and oxygen atoms in total. The molecule has 0 bridgehead atoms. The maximum absolute atomic E-state index is 12.9. The van der Waals surface area contributed by atoms with E-state index < -0.39 is 0 Å². The second kappa shape index (κ2) is 4.60. The van der Waals surface area contributed by atoms with Gasteiger partial charge in [-0.25, -0.2) is 0 Å². The average molecular weight is 360 g/mol. The SMILES string of the molecule is C=C(C)C[C@@H](C)[C@@]1(C)C(=O)[C@H](CI)[C@@]2(C)CCC21. The third kappa shape index (κ3) is 1.74. The number of fused-ring (bicyclic) bond motifs is 1. The third-order valence-electron chi connectivity index (χ3n) is 5.97. The van der Waals surface area contributed by atoms with Crippen LogP contribution in [0.15, 0.2) is 12.2 Å². The van der Waals surface area contributed by atoms with Crippen LogP contribution in [0, 0.1) is 28.6 Å². The van der Waals surface area contributed by atoms with Crippen LogP contribution in [-0.2, 0) is 4.79 Å². The molecule has 0 aromatic heterocycles. The largest absolute Gasteiger partial charge is 0.299 e. The lowest BCUT2D eigenvalue weighted by molar-refractivity contribution is -0.131. The summed E-state index contributed by atoms with van der Waals surface area (Å²) in [6, 6.07) is 0. The minimum absolute atomic E-state index is 0.109. The van der Waals surface area contributed by atoms with Crippen molar-refractivity contribution in [2.45, 2.75) is 47.0 Å². The molecule has 0 heterocycles. The molecule has 0 aliphatic heterocycles. The Morgan fingerprint density at radius 3 is 2.50 bits per heavy atom. The molecule has 0 aromatic rings. The molecule has 0 saturated heterocycles. The van der Waals surface area contributed by atoms with E-state index in [-0.39, 0.29) is 16.7 Å². The van der Waals surface area contributed by atoms with Gasteiger partial charge in [-0.1, -0.05) is 48.9 Å². The molecule has 0 aromatic carbocycles. The number of hydrogen-bond acceptors (Lipinski definition) is 1. The minimum atomic E-state index is -0.109. The first kappa shape index (κ1) is 14.5. The molecular formula is C16H25IO. The van der Waals surface area contributed by atoms with Crippen molar-refractivity contribution in [1.29, 1.82) is 0 Å². The van der Waals surface area contributed by atoms with E-state index in [4.69, 9.17) is 0 Å². The van der Waals surface area contributed by atoms with Crippen molar-refractivity contribution in [2.24, 2.45) is 28.6 Å². The molecule has 0 radical (unpaired) electrons. The molecule has 2 fully saturated rings. The fourth-order valence-electron chi connectivity index (χ4n) is 4.56. The van der Waals surface area contributed by atoms with Crippen molar-refractivity contribution in [1.82, 2.24) is 0 Å². The van der Waals surface area contributed by atoms with Crippen LogP contribution >= 0.6 is 22.6 Å². The predicted molar refractivity (Wildman–Crippen MR) is 84.9 cm³/mol. The third-order valence-corrected chi connectivity index (χ3v) is 6.85. The van der Waals surface area contributed by atoms with Crippen molar-refractivity contribution < 1.29 is 4.79 Å². The maximum Gasteiger partial charge on any atom is 0.143 e. The Kier molecular flexibility index (Phi) is 3.72. The van der Waals surface area contributed by atoms with Crippen molar-refractivity contribution in [3.63, 3.8) is 0 Å². The Morgan fingerprint density at radius 2 is 2.17 bits per heavy atom. The molecule has 2 aliphatic carbocycles. The number of ketones is 1. The molecule has 0 N–H and O–H groups in total. The molecule has 0 amide bonds. The lowest BCUT2D eigenvalue weighted by Crippen LogP contribution is -2.45. The Morgan fingerprint density at radius 1 is 1.56 bits per heavy atom. The minimum Gasteiger partial charge on any atom is -0.299 e. The van der Waals surface area contributed by atoms with Gasteiger partial charge in [-0.2, -0.15) is 0 Å². The second-order valence-corrected chi connectivity index (χ2v) is 7.89. The van der Waals surface area contributed by atoms with Crippen LogP contribution in [0.3, 0.4) is 0 Å². The first-order chi connectivity index (χ1) is 8.28. The molecule has 0 spiro atoms. The highest BCUT2D eigenvalue weighted by molar-refractivity contribution is 14.1. The topological polar surface area (TPSA) is 17.1 Å². The average Bonchev–Trinajstić information content (AvgIpc) is 2.36. The standard InChI is InChI=1S/C16H25IO/c1-10(2)8-11(3)16(5)13-6-7-15(13,4)12(9-17)14(16)18/h11-13H,1,6-9H2,2-5H3/t11-,12+,13?,15-,16-/m1/s1. The Labute approximate surface area is 125 Å². The number of hydrogen-bond donors (Lipinski definition) is 0. The molecular weight excluding hydrogens is 335 g/mol. The lowest BCUT2D eigenvalue weighted by Gasteiger charge is -2.50. The van der Waals surface area contributed by atoms with Crippen LogP contribution in [0.5, 0.6) is 0 Å². The molecule has 2 heteroatoms. The van der Waals surface area contributed by atoms with Crippen molar-refractivity contribution in [3.8, 4) is 0 Å². The fourth-order valence-corrected chi connectivity index (χ4v) is 5.97. The van der Waals surface area contributed by atoms with Gasteiger partial charge in [-0.3, -0.25) is 4.79 Å². The zero-order valence-corrected chi connectivity index (χ0v) is 14.2. The van der Waals surface area contributed by atoms with Crippen molar-refractivity contribution in [2.75, 3.05) is 4.43 Å². The van der Waals surface area contributed by atoms with E-state index in [0.717, 1.165) is 10.8 Å². The van der Waals surface area contributed by atoms with Gasteiger partial charge < -0.3 is 0 Å². The summed E-state index contributed by atoms with van der Waals surface area (Å²) in [5.41, 5.74) is 1.38. The molecule has 1 unspecified atom stereocenters. The highest BCUT2D eigenvalue weighted by Gasteiger charge is 2.67. The highest BCUT2D eigenvalue weighted by Crippen LogP contribution is 2.68. The van der Waals surface area contributed by atoms with Gasteiger partial charge in [0.1, 0.15) is 5.78 Å².